The standard InChI is InChI=1S/C40H53N9O19S.H2O/c41-40-48-33-30(37(64)49-40)44-19(12-43-33)11-42-18-3-1-16(2-4-18)34(61)45-22(38(65)66)6-5-20(52)9-21(31(59)32(60)28(56)14-51)36(63)46-23(10-29(57)58)25(53)7-17(8-26(54)27(55)13-50)35(62)47-24(15-69)39(67)68;/h1-4,12,17,21-24,26-28,31-32,42,50-51,54-56,59-60,69H,5-11,13-15H2,(H,45,61)(H,46,63)(H,47,62)(H,57,58)(H,65,66)(H,67,68)(H3,41,43,48,49,64);1H2/t17?,21?,22-,23-,24+,26-,27+,28+,31?,32+;/m0./s1. The summed E-state index contributed by atoms with van der Waals surface area (Å²) in [5, 5.41) is 108. The van der Waals surface area contributed by atoms with Crippen LogP contribution in [-0.2, 0) is 40.1 Å². The molecule has 19 N–H and O–H groups in total. The molecule has 3 unspecified atom stereocenters. The van der Waals surface area contributed by atoms with Crippen molar-refractivity contribution >= 4 is 82.6 Å². The Labute approximate surface area is 400 Å². The number of hydrogen-bond acceptors (Lipinski definition) is 22. The number of anilines is 2. The van der Waals surface area contributed by atoms with Gasteiger partial charge in [-0.15, -0.1) is 0 Å². The summed E-state index contributed by atoms with van der Waals surface area (Å²) in [7, 11) is 0. The number of fused-ring (bicyclic) bond motifs is 1. The van der Waals surface area contributed by atoms with Gasteiger partial charge in [-0.05, 0) is 37.1 Å². The molecule has 3 amide bonds. The van der Waals surface area contributed by atoms with Crippen molar-refractivity contribution in [1.29, 1.82) is 0 Å². The molecule has 29 nitrogen and oxygen atoms in total. The van der Waals surface area contributed by atoms with Crippen LogP contribution < -0.4 is 32.6 Å². The van der Waals surface area contributed by atoms with Crippen LogP contribution in [0.25, 0.3) is 11.2 Å². The lowest BCUT2D eigenvalue weighted by Gasteiger charge is -2.29. The van der Waals surface area contributed by atoms with Crippen LogP contribution >= 0.6 is 12.6 Å². The number of ketones is 2. The number of aliphatic hydroxyl groups is 7. The zero-order valence-electron chi connectivity index (χ0n) is 36.7. The summed E-state index contributed by atoms with van der Waals surface area (Å²) in [4.78, 5) is 129. The summed E-state index contributed by atoms with van der Waals surface area (Å²) >= 11 is 3.82. The quantitative estimate of drug-likeness (QED) is 0.0276. The molecular weight excluding hydrogens is 959 g/mol. The Balaban J connectivity index is 0.0000168. The maximum absolute atomic E-state index is 13.7. The van der Waals surface area contributed by atoms with Gasteiger partial charge < -0.3 is 83.5 Å². The number of Topliss-reactive ketones (excluding diaryl/α,β-unsaturated/α-hetero) is 2. The Morgan fingerprint density at radius 1 is 0.743 bits per heavy atom. The van der Waals surface area contributed by atoms with Gasteiger partial charge in [0.15, 0.2) is 16.9 Å². The molecule has 3 aromatic rings. The number of aliphatic hydroxyl groups excluding tert-OH is 7. The molecule has 0 aliphatic rings. The molecule has 386 valence electrons. The fourth-order valence-corrected chi connectivity index (χ4v) is 6.74. The zero-order valence-corrected chi connectivity index (χ0v) is 37.6. The Hall–Kier alpha value is -6.77. The first-order valence-corrected chi connectivity index (χ1v) is 21.3. The highest BCUT2D eigenvalue weighted by Gasteiger charge is 2.40. The lowest BCUT2D eigenvalue weighted by molar-refractivity contribution is -0.146. The summed E-state index contributed by atoms with van der Waals surface area (Å²) < 4.78 is 0. The van der Waals surface area contributed by atoms with E-state index in [1.807, 2.05) is 5.32 Å². The average molecular weight is 1010 g/mol. The summed E-state index contributed by atoms with van der Waals surface area (Å²) in [5.41, 5.74) is 5.71. The number of aliphatic carboxylic acids is 3. The van der Waals surface area contributed by atoms with Gasteiger partial charge in [-0.25, -0.2) is 19.6 Å². The first-order valence-electron chi connectivity index (χ1n) is 20.7. The largest absolute Gasteiger partial charge is 0.481 e. The van der Waals surface area contributed by atoms with Gasteiger partial charge in [-0.1, -0.05) is 0 Å². The number of aromatic nitrogens is 4. The number of carbonyl (C=O) groups excluding carboxylic acids is 5. The number of nitrogens with two attached hydrogens (primary N) is 1. The van der Waals surface area contributed by atoms with Gasteiger partial charge in [0.25, 0.3) is 11.5 Å². The van der Waals surface area contributed by atoms with Crippen LogP contribution in [0.3, 0.4) is 0 Å². The van der Waals surface area contributed by atoms with Gasteiger partial charge in [0.2, 0.25) is 17.8 Å². The van der Waals surface area contributed by atoms with Crippen molar-refractivity contribution in [2.45, 2.75) is 93.7 Å². The number of benzene rings is 1. The second kappa shape index (κ2) is 28.0. The monoisotopic (exact) mass is 1010 g/mol. The minimum atomic E-state index is -2.42. The molecule has 70 heavy (non-hydrogen) atoms. The van der Waals surface area contributed by atoms with E-state index in [9.17, 15) is 94.2 Å². The van der Waals surface area contributed by atoms with Crippen LogP contribution in [0.5, 0.6) is 0 Å². The number of thiol groups is 1. The van der Waals surface area contributed by atoms with E-state index in [1.165, 1.54) is 30.5 Å². The first-order chi connectivity index (χ1) is 32.5. The lowest BCUT2D eigenvalue weighted by atomic mass is 9.87. The smallest absolute Gasteiger partial charge is 0.327 e. The third-order valence-electron chi connectivity index (χ3n) is 10.4. The number of rotatable bonds is 30. The van der Waals surface area contributed by atoms with E-state index in [4.69, 9.17) is 5.73 Å². The molecule has 0 saturated heterocycles. The fraction of sp³-hybridized carbons (Fsp3) is 0.500. The van der Waals surface area contributed by atoms with E-state index < -0.39 is 171 Å². The number of nitrogens with one attached hydrogen (secondary N) is 5. The minimum absolute atomic E-state index is 0. The normalized spacial score (nSPS) is 15.5. The van der Waals surface area contributed by atoms with Gasteiger partial charge >= 0.3 is 17.9 Å². The maximum atomic E-state index is 13.7. The van der Waals surface area contributed by atoms with Crippen LogP contribution in [0.2, 0.25) is 0 Å². The summed E-state index contributed by atoms with van der Waals surface area (Å²) in [6.45, 7) is -2.10. The van der Waals surface area contributed by atoms with Gasteiger partial charge in [-0.3, -0.25) is 38.5 Å². The molecule has 0 aliphatic carbocycles. The Morgan fingerprint density at radius 3 is 1.93 bits per heavy atom. The van der Waals surface area contributed by atoms with Crippen molar-refractivity contribution in [2.24, 2.45) is 11.8 Å². The molecule has 0 aliphatic heterocycles. The minimum Gasteiger partial charge on any atom is -0.481 e. The number of carbonyl (C=O) groups is 8. The predicted molar refractivity (Wildman–Crippen MR) is 241 cm³/mol. The van der Waals surface area contributed by atoms with Gasteiger partial charge in [0.05, 0.1) is 62.2 Å². The molecule has 2 heterocycles. The second-order valence-corrected chi connectivity index (χ2v) is 15.9. The van der Waals surface area contributed by atoms with Gasteiger partial charge in [0.1, 0.15) is 36.2 Å². The molecule has 0 radical (unpaired) electrons. The van der Waals surface area contributed by atoms with E-state index in [-0.39, 0.29) is 34.7 Å². The molecule has 30 heteroatoms. The highest BCUT2D eigenvalue weighted by atomic mass is 32.1. The Kier molecular flexibility index (Phi) is 23.8. The van der Waals surface area contributed by atoms with Gasteiger partial charge in [0, 0.05) is 42.2 Å². The predicted octanol–water partition coefficient (Wildman–Crippen LogP) is -6.17. The summed E-state index contributed by atoms with van der Waals surface area (Å²) in [6.07, 6.45) is -14.7. The third kappa shape index (κ3) is 17.6. The van der Waals surface area contributed by atoms with Crippen LogP contribution in [0, 0.1) is 11.8 Å². The number of carboxylic acid groups (broad SMARTS) is 3. The molecule has 0 spiro atoms. The summed E-state index contributed by atoms with van der Waals surface area (Å²) in [6, 6.07) is 0.156. The zero-order chi connectivity index (χ0) is 51.7. The molecule has 10 atom stereocenters. The number of H-pyrrole nitrogens is 1. The fourth-order valence-electron chi connectivity index (χ4n) is 6.49. The molecule has 0 saturated carbocycles. The third-order valence-corrected chi connectivity index (χ3v) is 10.8. The van der Waals surface area contributed by atoms with Crippen LogP contribution in [-0.4, -0.2) is 191 Å². The van der Waals surface area contributed by atoms with Crippen molar-refractivity contribution in [3.05, 3.63) is 52.1 Å². The molecule has 0 bridgehead atoms. The summed E-state index contributed by atoms with van der Waals surface area (Å²) in [5.74, 6) is -15.2. The van der Waals surface area contributed by atoms with Crippen LogP contribution in [0.4, 0.5) is 11.6 Å². The molecule has 1 aromatic carbocycles. The van der Waals surface area contributed by atoms with E-state index in [2.05, 4.69) is 48.5 Å². The van der Waals surface area contributed by atoms with E-state index in [1.54, 1.807) is 0 Å². The maximum Gasteiger partial charge on any atom is 0.327 e. The van der Waals surface area contributed by atoms with Crippen molar-refractivity contribution in [3.8, 4) is 0 Å². The van der Waals surface area contributed by atoms with Gasteiger partial charge in [-0.2, -0.15) is 17.6 Å². The van der Waals surface area contributed by atoms with Crippen molar-refractivity contribution in [2.75, 3.05) is 30.0 Å². The number of aromatic amines is 1. The average Bonchev–Trinajstić information content (AvgIpc) is 3.30. The van der Waals surface area contributed by atoms with Crippen molar-refractivity contribution in [1.82, 2.24) is 35.9 Å². The first kappa shape index (κ1) is 59.4. The molecule has 2 aromatic heterocycles. The van der Waals surface area contributed by atoms with Crippen molar-refractivity contribution in [3.63, 3.8) is 0 Å². The van der Waals surface area contributed by atoms with E-state index >= 15 is 0 Å². The highest BCUT2D eigenvalue weighted by molar-refractivity contribution is 7.80. The molecule has 0 fully saturated rings. The SMILES string of the molecule is Nc1nc2ncc(CNc3ccc(C(=O)N[C@@H](CCC(=O)CC(C(=O)N[C@@H](CC(=O)O)C(=O)CC(C[C@H](O)[C@H](O)CO)C(=O)N[C@H](CS)C(=O)O)C(O)[C@H](O)[C@H](O)CO)C(=O)O)cc3)nc2c(=O)[nH]1.O. The number of hydrogen-bond donors (Lipinski definition) is 17. The van der Waals surface area contributed by atoms with Crippen LogP contribution in [0.15, 0.2) is 35.3 Å². The van der Waals surface area contributed by atoms with Crippen LogP contribution in [0.1, 0.15) is 54.6 Å². The highest BCUT2D eigenvalue weighted by Crippen LogP contribution is 2.22. The van der Waals surface area contributed by atoms with E-state index in [0.29, 0.717) is 11.4 Å². The lowest BCUT2D eigenvalue weighted by Crippen LogP contribution is -2.53. The number of amides is 3. The number of nitrogens with zero attached hydrogens (tertiary/aromatic N) is 3. The number of nitrogen functional groups attached to an aromatic ring is 1. The Morgan fingerprint density at radius 2 is 1.36 bits per heavy atom. The topological polar surface area (TPSA) is 516 Å². The Bertz CT molecular complexity index is 2380. The van der Waals surface area contributed by atoms with E-state index in [0.717, 1.165) is 0 Å². The second-order valence-electron chi connectivity index (χ2n) is 15.6. The molecule has 3 rings (SSSR count). The molecular formula is C40H55N9O20S. The number of carboxylic acids is 3. The van der Waals surface area contributed by atoms with Crippen molar-refractivity contribution < 1.29 is 94.9 Å².